The Bertz CT molecular complexity index is 849. The van der Waals surface area contributed by atoms with Gasteiger partial charge in [-0.25, -0.2) is 4.79 Å². The molecule has 1 heterocycles. The second kappa shape index (κ2) is 8.76. The average molecular weight is 497 g/mol. The molecule has 0 aliphatic carbocycles. The molecular formula is C21H23BrCuNO4. The van der Waals surface area contributed by atoms with E-state index in [0.717, 1.165) is 21.3 Å². The van der Waals surface area contributed by atoms with E-state index in [4.69, 9.17) is 14.2 Å². The van der Waals surface area contributed by atoms with Crippen molar-refractivity contribution in [2.24, 2.45) is 0 Å². The Morgan fingerprint density at radius 2 is 1.82 bits per heavy atom. The van der Waals surface area contributed by atoms with Gasteiger partial charge in [0.05, 0.1) is 14.2 Å². The molecule has 1 unspecified atom stereocenters. The van der Waals surface area contributed by atoms with Gasteiger partial charge in [-0.15, -0.1) is 17.7 Å². The van der Waals surface area contributed by atoms with Crippen LogP contribution in [0.25, 0.3) is 0 Å². The minimum atomic E-state index is -0.578. The Kier molecular flexibility index (Phi) is 7.07. The molecule has 0 fully saturated rings. The summed E-state index contributed by atoms with van der Waals surface area (Å²) in [4.78, 5) is 14.4. The summed E-state index contributed by atoms with van der Waals surface area (Å²) in [6.45, 7) is 6.04. The quantitative estimate of drug-likeness (QED) is 0.435. The van der Waals surface area contributed by atoms with Crippen molar-refractivity contribution in [3.63, 3.8) is 0 Å². The minimum Gasteiger partial charge on any atom is -0.523 e. The van der Waals surface area contributed by atoms with E-state index < -0.39 is 11.7 Å². The first kappa shape index (κ1) is 22.6. The minimum absolute atomic E-state index is 0. The van der Waals surface area contributed by atoms with Gasteiger partial charge in [-0.2, -0.15) is 0 Å². The van der Waals surface area contributed by atoms with E-state index in [0.29, 0.717) is 18.0 Å². The molecule has 3 rings (SSSR count). The van der Waals surface area contributed by atoms with Crippen LogP contribution in [0.5, 0.6) is 11.5 Å². The van der Waals surface area contributed by atoms with Crippen LogP contribution in [0.2, 0.25) is 0 Å². The van der Waals surface area contributed by atoms with Crippen molar-refractivity contribution in [3.8, 4) is 11.5 Å². The molecule has 5 nitrogen and oxygen atoms in total. The SMILES string of the molecule is COc1[c-]c2c(c(Br)c1)C(c1ccc(OC)cc1)CN2C(=O)OC(C)(C)C.[Cu+]. The van der Waals surface area contributed by atoms with Crippen LogP contribution < -0.4 is 14.4 Å². The van der Waals surface area contributed by atoms with Crippen LogP contribution in [0, 0.1) is 6.07 Å². The Morgan fingerprint density at radius 1 is 1.18 bits per heavy atom. The molecule has 0 radical (unpaired) electrons. The van der Waals surface area contributed by atoms with Gasteiger partial charge in [-0.05, 0) is 44.4 Å². The zero-order valence-corrected chi connectivity index (χ0v) is 19.0. The number of fused-ring (bicyclic) bond motifs is 1. The summed E-state index contributed by atoms with van der Waals surface area (Å²) in [5, 5.41) is 0. The number of carbonyl (C=O) groups excluding carboxylic acids is 1. The number of nitrogens with zero attached hydrogens (tertiary/aromatic N) is 1. The summed E-state index contributed by atoms with van der Waals surface area (Å²) in [7, 11) is 3.22. The fraction of sp³-hybridized carbons (Fsp3) is 0.381. The van der Waals surface area contributed by atoms with Crippen LogP contribution in [0.15, 0.2) is 34.8 Å². The standard InChI is InChI=1S/C21H23BrNO4.Cu/c1-21(2,3)27-20(24)23-12-16(13-6-8-14(25-4)9-7-13)19-17(22)10-15(26-5)11-18(19)23;/h6-10,16H,12H2,1-5H3;/q-1;+1. The van der Waals surface area contributed by atoms with Crippen molar-refractivity contribution in [1.82, 2.24) is 0 Å². The molecule has 0 aromatic heterocycles. The molecule has 0 spiro atoms. The molecule has 2 aromatic rings. The molecule has 1 aliphatic rings. The van der Waals surface area contributed by atoms with Gasteiger partial charge in [-0.1, -0.05) is 38.2 Å². The van der Waals surface area contributed by atoms with Crippen molar-refractivity contribution in [3.05, 3.63) is 52.0 Å². The van der Waals surface area contributed by atoms with Crippen LogP contribution in [-0.2, 0) is 21.8 Å². The van der Waals surface area contributed by atoms with Crippen molar-refractivity contribution in [1.29, 1.82) is 0 Å². The van der Waals surface area contributed by atoms with Gasteiger partial charge in [0, 0.05) is 12.3 Å². The van der Waals surface area contributed by atoms with E-state index in [1.807, 2.05) is 51.1 Å². The van der Waals surface area contributed by atoms with Gasteiger partial charge in [0.1, 0.15) is 11.4 Å². The molecule has 0 saturated carbocycles. The van der Waals surface area contributed by atoms with Gasteiger partial charge >= 0.3 is 23.2 Å². The molecule has 0 bridgehead atoms. The summed E-state index contributed by atoms with van der Waals surface area (Å²) in [5.41, 5.74) is 2.18. The zero-order valence-electron chi connectivity index (χ0n) is 16.4. The fourth-order valence-electron chi connectivity index (χ4n) is 3.14. The molecule has 7 heteroatoms. The number of carbonyl (C=O) groups is 1. The Labute approximate surface area is 184 Å². The first-order valence-corrected chi connectivity index (χ1v) is 9.47. The molecule has 1 aliphatic heterocycles. The normalized spacial score (nSPS) is 15.5. The van der Waals surface area contributed by atoms with Gasteiger partial charge in [-0.3, -0.25) is 0 Å². The third-order valence-electron chi connectivity index (χ3n) is 4.35. The number of ether oxygens (including phenoxy) is 3. The first-order chi connectivity index (χ1) is 12.7. The van der Waals surface area contributed by atoms with Crippen LogP contribution in [-0.4, -0.2) is 32.5 Å². The van der Waals surface area contributed by atoms with Crippen molar-refractivity contribution in [2.75, 3.05) is 25.7 Å². The molecule has 154 valence electrons. The van der Waals surface area contributed by atoms with E-state index in [1.54, 1.807) is 19.1 Å². The molecule has 0 N–H and O–H groups in total. The van der Waals surface area contributed by atoms with Gasteiger partial charge in [0.2, 0.25) is 0 Å². The number of hydrogen-bond donors (Lipinski definition) is 0. The van der Waals surface area contributed by atoms with Crippen LogP contribution >= 0.6 is 15.9 Å². The van der Waals surface area contributed by atoms with Gasteiger partial charge < -0.3 is 19.1 Å². The molecule has 28 heavy (non-hydrogen) atoms. The predicted molar refractivity (Wildman–Crippen MR) is 108 cm³/mol. The molecule has 2 aromatic carbocycles. The van der Waals surface area contributed by atoms with E-state index in [9.17, 15) is 4.79 Å². The third kappa shape index (κ3) is 4.65. The van der Waals surface area contributed by atoms with Gasteiger partial charge in [0.25, 0.3) is 0 Å². The third-order valence-corrected chi connectivity index (χ3v) is 5.00. The largest absolute Gasteiger partial charge is 1.00 e. The second-order valence-corrected chi connectivity index (χ2v) is 8.22. The zero-order chi connectivity index (χ0) is 19.8. The van der Waals surface area contributed by atoms with Crippen LogP contribution in [0.4, 0.5) is 10.5 Å². The number of hydrogen-bond acceptors (Lipinski definition) is 4. The Balaban J connectivity index is 0.00000280. The maximum atomic E-state index is 12.8. The molecule has 0 saturated heterocycles. The molecular weight excluding hydrogens is 474 g/mol. The van der Waals surface area contributed by atoms with E-state index >= 15 is 0 Å². The predicted octanol–water partition coefficient (Wildman–Crippen LogP) is 5.15. The fourth-order valence-corrected chi connectivity index (χ4v) is 3.81. The number of halogens is 1. The number of methoxy groups -OCH3 is 2. The maximum absolute atomic E-state index is 12.8. The van der Waals surface area contributed by atoms with E-state index in [1.165, 1.54) is 0 Å². The Morgan fingerprint density at radius 3 is 2.36 bits per heavy atom. The topological polar surface area (TPSA) is 48.0 Å². The summed E-state index contributed by atoms with van der Waals surface area (Å²) >= 11 is 3.64. The number of amides is 1. The molecule has 1 amide bonds. The Hall–Kier alpha value is -1.69. The number of benzene rings is 2. The van der Waals surface area contributed by atoms with Crippen molar-refractivity contribution in [2.45, 2.75) is 32.3 Å². The number of rotatable bonds is 3. The van der Waals surface area contributed by atoms with E-state index in [-0.39, 0.29) is 23.0 Å². The summed E-state index contributed by atoms with van der Waals surface area (Å²) in [6.07, 6.45) is -0.392. The second-order valence-electron chi connectivity index (χ2n) is 7.36. The number of anilines is 1. The summed E-state index contributed by atoms with van der Waals surface area (Å²) in [5.74, 6) is 1.35. The average Bonchev–Trinajstić information content (AvgIpc) is 3.00. The monoisotopic (exact) mass is 495 g/mol. The summed E-state index contributed by atoms with van der Waals surface area (Å²) in [6, 6.07) is 13.0. The van der Waals surface area contributed by atoms with Crippen LogP contribution in [0.1, 0.15) is 37.8 Å². The molecule has 1 atom stereocenters. The van der Waals surface area contributed by atoms with Crippen LogP contribution in [0.3, 0.4) is 0 Å². The van der Waals surface area contributed by atoms with Crippen molar-refractivity contribution < 1.29 is 36.1 Å². The van der Waals surface area contributed by atoms with E-state index in [2.05, 4.69) is 22.0 Å². The maximum Gasteiger partial charge on any atom is 1.00 e. The van der Waals surface area contributed by atoms with Gasteiger partial charge in [0.15, 0.2) is 0 Å². The smallest absolute Gasteiger partial charge is 0.523 e. The summed E-state index contributed by atoms with van der Waals surface area (Å²) < 4.78 is 17.1. The van der Waals surface area contributed by atoms with Crippen molar-refractivity contribution >= 4 is 27.7 Å². The first-order valence-electron chi connectivity index (χ1n) is 8.67.